The van der Waals surface area contributed by atoms with E-state index in [1.165, 1.54) is 29.0 Å². The highest BCUT2D eigenvalue weighted by Gasteiger charge is 2.12. The van der Waals surface area contributed by atoms with Crippen LogP contribution in [0, 0.1) is 12.7 Å². The summed E-state index contributed by atoms with van der Waals surface area (Å²) in [4.78, 5) is 0.882. The molecule has 3 aromatic rings. The molecular formula is C17H15FOS. The van der Waals surface area contributed by atoms with Crippen LogP contribution in [0.4, 0.5) is 4.39 Å². The van der Waals surface area contributed by atoms with Gasteiger partial charge in [0.05, 0.1) is 6.10 Å². The molecule has 0 saturated carbocycles. The molecule has 0 bridgehead atoms. The first-order chi connectivity index (χ1) is 9.61. The summed E-state index contributed by atoms with van der Waals surface area (Å²) in [5, 5.41) is 11.2. The first kappa shape index (κ1) is 13.3. The molecule has 2 aromatic carbocycles. The van der Waals surface area contributed by atoms with Crippen LogP contribution in [0.3, 0.4) is 0 Å². The van der Waals surface area contributed by atoms with Gasteiger partial charge in [-0.1, -0.05) is 29.8 Å². The Morgan fingerprint density at radius 2 is 2.00 bits per heavy atom. The van der Waals surface area contributed by atoms with Crippen LogP contribution in [0.15, 0.2) is 48.5 Å². The zero-order chi connectivity index (χ0) is 14.1. The average Bonchev–Trinajstić information content (AvgIpc) is 2.81. The topological polar surface area (TPSA) is 20.2 Å². The standard InChI is InChI=1S/C17H15FOS/c1-11-3-2-4-12(7-11)8-15(19)17-10-13-9-14(18)5-6-16(13)20-17/h2-7,9-10,15,19H,8H2,1H3. The van der Waals surface area contributed by atoms with Crippen LogP contribution in [-0.2, 0) is 6.42 Å². The lowest BCUT2D eigenvalue weighted by atomic mass is 10.0. The maximum Gasteiger partial charge on any atom is 0.123 e. The summed E-state index contributed by atoms with van der Waals surface area (Å²) < 4.78 is 14.2. The number of aryl methyl sites for hydroxylation is 1. The van der Waals surface area contributed by atoms with E-state index in [1.54, 1.807) is 6.07 Å². The third-order valence-corrected chi connectivity index (χ3v) is 4.55. The molecular weight excluding hydrogens is 271 g/mol. The monoisotopic (exact) mass is 286 g/mol. The number of halogens is 1. The summed E-state index contributed by atoms with van der Waals surface area (Å²) in [7, 11) is 0. The molecule has 1 N–H and O–H groups in total. The van der Waals surface area contributed by atoms with Crippen molar-refractivity contribution in [3.05, 3.63) is 70.4 Å². The van der Waals surface area contributed by atoms with E-state index in [0.29, 0.717) is 6.42 Å². The van der Waals surface area contributed by atoms with E-state index < -0.39 is 6.10 Å². The summed E-state index contributed by atoms with van der Waals surface area (Å²) in [6, 6.07) is 14.7. The van der Waals surface area contributed by atoms with Gasteiger partial charge in [0.2, 0.25) is 0 Å². The van der Waals surface area contributed by atoms with Gasteiger partial charge in [0.25, 0.3) is 0 Å². The van der Waals surface area contributed by atoms with Crippen LogP contribution in [0.25, 0.3) is 10.1 Å². The number of aliphatic hydroxyl groups excluding tert-OH is 1. The molecule has 0 saturated heterocycles. The van der Waals surface area contributed by atoms with Gasteiger partial charge in [-0.2, -0.15) is 0 Å². The second-order valence-electron chi connectivity index (χ2n) is 5.04. The Balaban J connectivity index is 1.86. The number of hydrogen-bond acceptors (Lipinski definition) is 2. The van der Waals surface area contributed by atoms with Gasteiger partial charge in [-0.3, -0.25) is 0 Å². The zero-order valence-corrected chi connectivity index (χ0v) is 12.0. The molecule has 1 unspecified atom stereocenters. The van der Waals surface area contributed by atoms with Gasteiger partial charge in [-0.25, -0.2) is 4.39 Å². The summed E-state index contributed by atoms with van der Waals surface area (Å²) in [5.41, 5.74) is 2.30. The molecule has 1 heterocycles. The zero-order valence-electron chi connectivity index (χ0n) is 11.1. The minimum Gasteiger partial charge on any atom is -0.387 e. The first-order valence-corrected chi connectivity index (χ1v) is 7.36. The SMILES string of the molecule is Cc1cccc(CC(O)c2cc3cc(F)ccc3s2)c1. The van der Waals surface area contributed by atoms with Crippen molar-refractivity contribution in [2.45, 2.75) is 19.4 Å². The van der Waals surface area contributed by atoms with E-state index in [4.69, 9.17) is 0 Å². The maximum absolute atomic E-state index is 13.2. The lowest BCUT2D eigenvalue weighted by molar-refractivity contribution is 0.182. The van der Waals surface area contributed by atoms with Crippen LogP contribution < -0.4 is 0 Å². The third kappa shape index (κ3) is 2.74. The fourth-order valence-corrected chi connectivity index (χ4v) is 3.39. The van der Waals surface area contributed by atoms with Gasteiger partial charge < -0.3 is 5.11 Å². The Labute approximate surface area is 121 Å². The lowest BCUT2D eigenvalue weighted by Crippen LogP contribution is -1.99. The highest BCUT2D eigenvalue weighted by molar-refractivity contribution is 7.19. The number of benzene rings is 2. The molecule has 1 aromatic heterocycles. The summed E-state index contributed by atoms with van der Waals surface area (Å²) in [5.74, 6) is -0.241. The summed E-state index contributed by atoms with van der Waals surface area (Å²) in [6.07, 6.45) is 0.0361. The average molecular weight is 286 g/mol. The molecule has 3 heteroatoms. The molecule has 1 atom stereocenters. The number of aliphatic hydroxyl groups is 1. The predicted molar refractivity (Wildman–Crippen MR) is 81.6 cm³/mol. The second kappa shape index (κ2) is 5.35. The fraction of sp³-hybridized carbons (Fsp3) is 0.176. The fourth-order valence-electron chi connectivity index (χ4n) is 2.36. The normalized spacial score (nSPS) is 12.8. The molecule has 0 radical (unpaired) electrons. The molecule has 1 nitrogen and oxygen atoms in total. The second-order valence-corrected chi connectivity index (χ2v) is 6.16. The van der Waals surface area contributed by atoms with Crippen molar-refractivity contribution >= 4 is 21.4 Å². The van der Waals surface area contributed by atoms with Crippen LogP contribution in [0.2, 0.25) is 0 Å². The van der Waals surface area contributed by atoms with Crippen LogP contribution in [0.1, 0.15) is 22.1 Å². The molecule has 0 fully saturated rings. The molecule has 0 spiro atoms. The lowest BCUT2D eigenvalue weighted by Gasteiger charge is -2.08. The van der Waals surface area contributed by atoms with Crippen molar-refractivity contribution < 1.29 is 9.50 Å². The smallest absolute Gasteiger partial charge is 0.123 e. The van der Waals surface area contributed by atoms with Gasteiger partial charge in [0.1, 0.15) is 5.82 Å². The predicted octanol–water partition coefficient (Wildman–Crippen LogP) is 4.62. The van der Waals surface area contributed by atoms with Crippen molar-refractivity contribution in [1.29, 1.82) is 0 Å². The van der Waals surface area contributed by atoms with E-state index >= 15 is 0 Å². The number of thiophene rings is 1. The van der Waals surface area contributed by atoms with Crippen molar-refractivity contribution in [1.82, 2.24) is 0 Å². The number of hydrogen-bond donors (Lipinski definition) is 1. The van der Waals surface area contributed by atoms with E-state index in [1.807, 2.05) is 31.2 Å². The largest absolute Gasteiger partial charge is 0.387 e. The van der Waals surface area contributed by atoms with Gasteiger partial charge in [-0.15, -0.1) is 11.3 Å². The Morgan fingerprint density at radius 3 is 2.80 bits per heavy atom. The van der Waals surface area contributed by atoms with Crippen LogP contribution in [-0.4, -0.2) is 5.11 Å². The number of rotatable bonds is 3. The molecule has 0 aliphatic rings. The van der Waals surface area contributed by atoms with Crippen LogP contribution in [0.5, 0.6) is 0 Å². The Bertz CT molecular complexity index is 748. The van der Waals surface area contributed by atoms with E-state index in [-0.39, 0.29) is 5.82 Å². The summed E-state index contributed by atoms with van der Waals surface area (Å²) in [6.45, 7) is 2.04. The van der Waals surface area contributed by atoms with Gasteiger partial charge in [-0.05, 0) is 42.1 Å². The Hall–Kier alpha value is -1.71. The molecule has 0 aliphatic carbocycles. The van der Waals surface area contributed by atoms with Crippen molar-refractivity contribution in [3.63, 3.8) is 0 Å². The molecule has 0 amide bonds. The van der Waals surface area contributed by atoms with E-state index in [2.05, 4.69) is 6.07 Å². The minimum atomic E-state index is -0.544. The van der Waals surface area contributed by atoms with E-state index in [9.17, 15) is 9.50 Å². The van der Waals surface area contributed by atoms with Crippen molar-refractivity contribution in [2.24, 2.45) is 0 Å². The van der Waals surface area contributed by atoms with E-state index in [0.717, 1.165) is 20.5 Å². The first-order valence-electron chi connectivity index (χ1n) is 6.54. The minimum absolute atomic E-state index is 0.241. The van der Waals surface area contributed by atoms with Gasteiger partial charge in [0, 0.05) is 16.0 Å². The highest BCUT2D eigenvalue weighted by Crippen LogP contribution is 2.32. The quantitative estimate of drug-likeness (QED) is 0.744. The third-order valence-electron chi connectivity index (χ3n) is 3.34. The molecule has 102 valence electrons. The maximum atomic E-state index is 13.2. The number of fused-ring (bicyclic) bond motifs is 1. The van der Waals surface area contributed by atoms with Crippen LogP contribution >= 0.6 is 11.3 Å². The van der Waals surface area contributed by atoms with Gasteiger partial charge in [0.15, 0.2) is 0 Å². The highest BCUT2D eigenvalue weighted by atomic mass is 32.1. The molecule has 0 aliphatic heterocycles. The summed E-state index contributed by atoms with van der Waals surface area (Å²) >= 11 is 1.52. The molecule has 20 heavy (non-hydrogen) atoms. The Kier molecular flexibility index (Phi) is 3.55. The van der Waals surface area contributed by atoms with Crippen molar-refractivity contribution in [2.75, 3.05) is 0 Å². The molecule has 3 rings (SSSR count). The Morgan fingerprint density at radius 1 is 1.15 bits per heavy atom. The van der Waals surface area contributed by atoms with Crippen molar-refractivity contribution in [3.8, 4) is 0 Å². The van der Waals surface area contributed by atoms with Gasteiger partial charge >= 0.3 is 0 Å².